The van der Waals surface area contributed by atoms with Crippen molar-refractivity contribution in [3.05, 3.63) is 99.7 Å². The van der Waals surface area contributed by atoms with Gasteiger partial charge in [-0.2, -0.15) is 0 Å². The van der Waals surface area contributed by atoms with Crippen LogP contribution in [0.3, 0.4) is 0 Å². The van der Waals surface area contributed by atoms with E-state index in [9.17, 15) is 14.7 Å². The molecule has 0 saturated heterocycles. The largest absolute Gasteiger partial charge is 0.465 e. The molecule has 1 N–H and O–H groups in total. The van der Waals surface area contributed by atoms with Crippen LogP contribution in [0.1, 0.15) is 22.5 Å². The Balaban J connectivity index is 1.40. The zero-order valence-corrected chi connectivity index (χ0v) is 17.0. The Hall–Kier alpha value is -3.80. The van der Waals surface area contributed by atoms with E-state index in [4.69, 9.17) is 4.42 Å². The van der Waals surface area contributed by atoms with Crippen LogP contribution in [0.25, 0.3) is 16.7 Å². The lowest BCUT2D eigenvalue weighted by Gasteiger charge is -2.23. The predicted octanol–water partition coefficient (Wildman–Crippen LogP) is 4.41. The van der Waals surface area contributed by atoms with E-state index in [1.165, 1.54) is 10.5 Å². The van der Waals surface area contributed by atoms with Crippen molar-refractivity contribution in [1.82, 2.24) is 9.47 Å². The summed E-state index contributed by atoms with van der Waals surface area (Å²) in [6.07, 6.45) is 3.14. The van der Waals surface area contributed by atoms with Gasteiger partial charge in [-0.3, -0.25) is 9.36 Å². The summed E-state index contributed by atoms with van der Waals surface area (Å²) < 4.78 is 7.60. The third-order valence-corrected chi connectivity index (χ3v) is 5.90. The molecule has 0 spiro atoms. The molecule has 4 aromatic rings. The molecule has 0 saturated carbocycles. The smallest absolute Gasteiger partial charge is 0.407 e. The molecule has 0 radical (unpaired) electrons. The van der Waals surface area contributed by atoms with Crippen LogP contribution in [0.2, 0.25) is 0 Å². The highest BCUT2D eigenvalue weighted by atomic mass is 16.4. The molecule has 2 aromatic carbocycles. The highest BCUT2D eigenvalue weighted by Gasteiger charge is 2.25. The van der Waals surface area contributed by atoms with Gasteiger partial charge >= 0.3 is 6.09 Å². The van der Waals surface area contributed by atoms with Gasteiger partial charge in [-0.1, -0.05) is 30.3 Å². The van der Waals surface area contributed by atoms with Gasteiger partial charge in [0.1, 0.15) is 11.3 Å². The number of aryl methyl sites for hydroxylation is 2. The van der Waals surface area contributed by atoms with Gasteiger partial charge in [0.05, 0.1) is 12.2 Å². The molecule has 0 fully saturated rings. The fourth-order valence-electron chi connectivity index (χ4n) is 4.21. The van der Waals surface area contributed by atoms with Gasteiger partial charge in [0.2, 0.25) is 0 Å². The number of carboxylic acid groups (broad SMARTS) is 1. The Bertz CT molecular complexity index is 1320. The van der Waals surface area contributed by atoms with Crippen molar-refractivity contribution in [3.63, 3.8) is 0 Å². The molecule has 6 nitrogen and oxygen atoms in total. The van der Waals surface area contributed by atoms with Crippen molar-refractivity contribution in [2.45, 2.75) is 25.8 Å². The van der Waals surface area contributed by atoms with E-state index in [0.717, 1.165) is 40.8 Å². The number of amides is 1. The van der Waals surface area contributed by atoms with Gasteiger partial charge in [-0.25, -0.2) is 4.79 Å². The van der Waals surface area contributed by atoms with Gasteiger partial charge in [0.25, 0.3) is 5.56 Å². The molecule has 156 valence electrons. The Kier molecular flexibility index (Phi) is 4.82. The van der Waals surface area contributed by atoms with Crippen LogP contribution >= 0.6 is 0 Å². The number of hydrogen-bond acceptors (Lipinski definition) is 3. The molecule has 31 heavy (non-hydrogen) atoms. The Morgan fingerprint density at radius 3 is 2.58 bits per heavy atom. The number of fused-ring (bicyclic) bond motifs is 3. The highest BCUT2D eigenvalue weighted by molar-refractivity contribution is 5.85. The first-order valence-corrected chi connectivity index (χ1v) is 10.4. The Morgan fingerprint density at radius 1 is 1.00 bits per heavy atom. The van der Waals surface area contributed by atoms with Crippen molar-refractivity contribution < 1.29 is 14.3 Å². The Morgan fingerprint density at radius 2 is 1.81 bits per heavy atom. The normalized spacial score (nSPS) is 13.4. The zero-order valence-electron chi connectivity index (χ0n) is 17.0. The van der Waals surface area contributed by atoms with Crippen molar-refractivity contribution >= 4 is 17.1 Å². The quantitative estimate of drug-likeness (QED) is 0.537. The van der Waals surface area contributed by atoms with Crippen LogP contribution in [-0.4, -0.2) is 27.2 Å². The minimum atomic E-state index is -0.921. The molecule has 0 bridgehead atoms. The maximum atomic E-state index is 12.8. The molecule has 0 aliphatic carbocycles. The second kappa shape index (κ2) is 7.80. The van der Waals surface area contributed by atoms with Crippen LogP contribution < -0.4 is 5.56 Å². The average Bonchev–Trinajstić information content (AvgIpc) is 3.15. The first-order chi connectivity index (χ1) is 15.1. The summed E-state index contributed by atoms with van der Waals surface area (Å²) in [5, 5.41) is 10.2. The summed E-state index contributed by atoms with van der Waals surface area (Å²) in [6.45, 7) is 0.756. The van der Waals surface area contributed by atoms with E-state index in [2.05, 4.69) is 12.1 Å². The van der Waals surface area contributed by atoms with Gasteiger partial charge < -0.3 is 14.4 Å². The number of aromatic nitrogens is 1. The second-order valence-corrected chi connectivity index (χ2v) is 7.87. The van der Waals surface area contributed by atoms with E-state index in [1.807, 2.05) is 42.5 Å². The first kappa shape index (κ1) is 19.2. The summed E-state index contributed by atoms with van der Waals surface area (Å²) in [5.41, 5.74) is 4.49. The lowest BCUT2D eigenvalue weighted by Crippen LogP contribution is -2.34. The van der Waals surface area contributed by atoms with Gasteiger partial charge in [0, 0.05) is 42.2 Å². The minimum Gasteiger partial charge on any atom is -0.465 e. The highest BCUT2D eigenvalue weighted by Crippen LogP contribution is 2.31. The number of carbonyl (C=O) groups is 1. The van der Waals surface area contributed by atoms with Crippen LogP contribution in [0.4, 0.5) is 4.79 Å². The van der Waals surface area contributed by atoms with E-state index in [-0.39, 0.29) is 5.56 Å². The van der Waals surface area contributed by atoms with Crippen LogP contribution in [0, 0.1) is 0 Å². The standard InChI is InChI=1S/C25H22N2O4/c28-24-14-18(7-6-17-4-2-1-3-5-17)10-13-27(24)19-8-9-20-21-16-26(25(29)30)12-11-22(21)31-23(20)15-19/h1-5,8-10,13-15H,6-7,11-12,16H2,(H,29,30). The number of nitrogens with zero attached hydrogens (tertiary/aromatic N) is 2. The fourth-order valence-corrected chi connectivity index (χ4v) is 4.21. The summed E-state index contributed by atoms with van der Waals surface area (Å²) >= 11 is 0. The predicted molar refractivity (Wildman–Crippen MR) is 118 cm³/mol. The topological polar surface area (TPSA) is 75.7 Å². The summed E-state index contributed by atoms with van der Waals surface area (Å²) in [7, 11) is 0. The third-order valence-electron chi connectivity index (χ3n) is 5.90. The molecular formula is C25H22N2O4. The fraction of sp³-hybridized carbons (Fsp3) is 0.200. The summed E-state index contributed by atoms with van der Waals surface area (Å²) in [4.78, 5) is 25.5. The van der Waals surface area contributed by atoms with Crippen molar-refractivity contribution in [1.29, 1.82) is 0 Å². The molecule has 0 atom stereocenters. The van der Waals surface area contributed by atoms with Crippen LogP contribution in [0.5, 0.6) is 0 Å². The lowest BCUT2D eigenvalue weighted by atomic mass is 10.0. The van der Waals surface area contributed by atoms with Gasteiger partial charge in [0.15, 0.2) is 0 Å². The molecule has 1 aliphatic heterocycles. The van der Waals surface area contributed by atoms with Crippen LogP contribution in [-0.2, 0) is 25.8 Å². The van der Waals surface area contributed by atoms with Crippen LogP contribution in [0.15, 0.2) is 76.1 Å². The van der Waals surface area contributed by atoms with E-state index >= 15 is 0 Å². The SMILES string of the molecule is O=C(O)N1CCc2oc3cc(-n4ccc(CCc5ccccc5)cc4=O)ccc3c2C1. The van der Waals surface area contributed by atoms with E-state index in [1.54, 1.807) is 16.8 Å². The number of pyridine rings is 1. The maximum absolute atomic E-state index is 12.8. The second-order valence-electron chi connectivity index (χ2n) is 7.87. The van der Waals surface area contributed by atoms with E-state index in [0.29, 0.717) is 25.1 Å². The van der Waals surface area contributed by atoms with Gasteiger partial charge in [-0.05, 0) is 42.2 Å². The maximum Gasteiger partial charge on any atom is 0.407 e. The number of rotatable bonds is 4. The molecule has 5 rings (SSSR count). The zero-order chi connectivity index (χ0) is 21.4. The molecule has 1 aliphatic rings. The molecular weight excluding hydrogens is 392 g/mol. The van der Waals surface area contributed by atoms with Crippen molar-refractivity contribution in [2.24, 2.45) is 0 Å². The lowest BCUT2D eigenvalue weighted by molar-refractivity contribution is 0.138. The molecule has 0 unspecified atom stereocenters. The monoisotopic (exact) mass is 414 g/mol. The van der Waals surface area contributed by atoms with Crippen molar-refractivity contribution in [2.75, 3.05) is 6.54 Å². The van der Waals surface area contributed by atoms with E-state index < -0.39 is 6.09 Å². The number of furan rings is 1. The summed E-state index contributed by atoms with van der Waals surface area (Å²) in [6, 6.07) is 19.5. The molecule has 1 amide bonds. The average molecular weight is 414 g/mol. The van der Waals surface area contributed by atoms with Gasteiger partial charge in [-0.15, -0.1) is 0 Å². The Labute approximate surface area is 179 Å². The molecule has 6 heteroatoms. The molecule has 3 heterocycles. The number of hydrogen-bond donors (Lipinski definition) is 1. The first-order valence-electron chi connectivity index (χ1n) is 10.4. The summed E-state index contributed by atoms with van der Waals surface area (Å²) in [5.74, 6) is 0.827. The minimum absolute atomic E-state index is 0.0849. The molecule has 2 aromatic heterocycles. The third kappa shape index (κ3) is 3.72. The number of benzene rings is 2. The van der Waals surface area contributed by atoms with Crippen molar-refractivity contribution in [3.8, 4) is 5.69 Å².